The van der Waals surface area contributed by atoms with E-state index in [0.29, 0.717) is 22.2 Å². The molecule has 0 fully saturated rings. The molecule has 18 heavy (non-hydrogen) atoms. The standard InChI is InChI=1S/C11H7ClFN3OS/c1-17-10-4-8-7(5-14-10)6-2-3-9(12)15-11(6)16(8)18-13/h2-5H,1H3. The fraction of sp³-hybridized carbons (Fsp3) is 0.0909. The molecule has 4 nitrogen and oxygen atoms in total. The lowest BCUT2D eigenvalue weighted by atomic mass is 10.2. The second kappa shape index (κ2) is 4.29. The van der Waals surface area contributed by atoms with Crippen molar-refractivity contribution in [1.29, 1.82) is 0 Å². The minimum atomic E-state index is 0.0745. The van der Waals surface area contributed by atoms with Crippen LogP contribution < -0.4 is 4.74 Å². The summed E-state index contributed by atoms with van der Waals surface area (Å²) in [5.41, 5.74) is 1.12. The van der Waals surface area contributed by atoms with E-state index in [9.17, 15) is 3.89 Å². The van der Waals surface area contributed by atoms with Crippen LogP contribution in [-0.2, 0) is 0 Å². The van der Waals surface area contributed by atoms with Gasteiger partial charge in [0.2, 0.25) is 5.88 Å². The Morgan fingerprint density at radius 1 is 1.39 bits per heavy atom. The van der Waals surface area contributed by atoms with Gasteiger partial charge in [-0.1, -0.05) is 11.6 Å². The Morgan fingerprint density at radius 2 is 2.22 bits per heavy atom. The van der Waals surface area contributed by atoms with E-state index >= 15 is 0 Å². The number of ether oxygens (including phenoxy) is 1. The summed E-state index contributed by atoms with van der Waals surface area (Å²) in [6, 6.07) is 5.13. The SMILES string of the molecule is COc1cc2c(cn1)c1ccc(Cl)nc1n2SF. The third-order valence-electron chi connectivity index (χ3n) is 2.68. The second-order valence-corrected chi connectivity index (χ2v) is 4.50. The Labute approximate surface area is 111 Å². The molecule has 3 heterocycles. The highest BCUT2D eigenvalue weighted by atomic mass is 35.5. The lowest BCUT2D eigenvalue weighted by Gasteiger charge is -2.00. The van der Waals surface area contributed by atoms with Crippen molar-refractivity contribution in [3.8, 4) is 5.88 Å². The van der Waals surface area contributed by atoms with E-state index in [1.807, 2.05) is 0 Å². The van der Waals surface area contributed by atoms with E-state index in [0.717, 1.165) is 10.8 Å². The molecule has 3 aromatic heterocycles. The van der Waals surface area contributed by atoms with E-state index in [1.165, 1.54) is 11.1 Å². The molecule has 0 spiro atoms. The zero-order valence-corrected chi connectivity index (χ0v) is 10.8. The molecule has 3 rings (SSSR count). The van der Waals surface area contributed by atoms with Crippen LogP contribution in [0.4, 0.5) is 3.89 Å². The second-order valence-electron chi connectivity index (χ2n) is 3.61. The lowest BCUT2D eigenvalue weighted by Crippen LogP contribution is -1.89. The van der Waals surface area contributed by atoms with Crippen LogP contribution in [0.2, 0.25) is 5.15 Å². The molecule has 0 aliphatic rings. The zero-order chi connectivity index (χ0) is 12.7. The van der Waals surface area contributed by atoms with Gasteiger partial charge >= 0.3 is 0 Å². The summed E-state index contributed by atoms with van der Waals surface area (Å²) in [4.78, 5) is 8.26. The molecule has 0 aliphatic carbocycles. The van der Waals surface area contributed by atoms with E-state index in [4.69, 9.17) is 16.3 Å². The smallest absolute Gasteiger partial charge is 0.215 e. The van der Waals surface area contributed by atoms with E-state index < -0.39 is 0 Å². The average molecular weight is 284 g/mol. The maximum atomic E-state index is 13.1. The maximum Gasteiger partial charge on any atom is 0.215 e. The molecule has 0 atom stereocenters. The molecule has 3 aromatic rings. The molecular formula is C11H7ClFN3OS. The Kier molecular flexibility index (Phi) is 2.76. The Balaban J connectivity index is 2.48. The van der Waals surface area contributed by atoms with E-state index in [1.54, 1.807) is 24.4 Å². The number of halogens is 2. The van der Waals surface area contributed by atoms with Crippen LogP contribution in [0.15, 0.2) is 24.4 Å². The molecule has 0 saturated carbocycles. The highest BCUT2D eigenvalue weighted by Gasteiger charge is 2.14. The van der Waals surface area contributed by atoms with Gasteiger partial charge in [0.1, 0.15) is 5.15 Å². The normalized spacial score (nSPS) is 11.3. The van der Waals surface area contributed by atoms with Crippen LogP contribution in [0.1, 0.15) is 0 Å². The number of hydrogen-bond acceptors (Lipinski definition) is 4. The predicted octanol–water partition coefficient (Wildman–Crippen LogP) is 3.63. The number of pyridine rings is 2. The molecule has 0 aromatic carbocycles. The molecule has 0 saturated heterocycles. The largest absolute Gasteiger partial charge is 0.481 e. The fourth-order valence-electron chi connectivity index (χ4n) is 1.89. The van der Waals surface area contributed by atoms with Crippen LogP contribution in [0.3, 0.4) is 0 Å². The van der Waals surface area contributed by atoms with Crippen molar-refractivity contribution in [2.45, 2.75) is 0 Å². The summed E-state index contributed by atoms with van der Waals surface area (Å²) >= 11 is 5.91. The van der Waals surface area contributed by atoms with E-state index in [-0.39, 0.29) is 12.3 Å². The number of hydrogen-bond donors (Lipinski definition) is 0. The van der Waals surface area contributed by atoms with Crippen molar-refractivity contribution < 1.29 is 8.62 Å². The van der Waals surface area contributed by atoms with Gasteiger partial charge in [0.05, 0.1) is 12.6 Å². The van der Waals surface area contributed by atoms with Crippen molar-refractivity contribution in [1.82, 2.24) is 13.9 Å². The molecule has 0 unspecified atom stereocenters. The predicted molar refractivity (Wildman–Crippen MR) is 70.7 cm³/mol. The summed E-state index contributed by atoms with van der Waals surface area (Å²) in [7, 11) is 1.51. The van der Waals surface area contributed by atoms with Gasteiger partial charge in [-0.3, -0.25) is 0 Å². The average Bonchev–Trinajstić information content (AvgIpc) is 2.70. The number of rotatable bonds is 2. The topological polar surface area (TPSA) is 39.9 Å². The lowest BCUT2D eigenvalue weighted by molar-refractivity contribution is 0.398. The highest BCUT2D eigenvalue weighted by Crippen LogP contribution is 2.33. The fourth-order valence-corrected chi connectivity index (χ4v) is 2.46. The first-order valence-corrected chi connectivity index (χ1v) is 6.09. The first kappa shape index (κ1) is 11.6. The highest BCUT2D eigenvalue weighted by molar-refractivity contribution is 7.93. The van der Waals surface area contributed by atoms with E-state index in [2.05, 4.69) is 9.97 Å². The zero-order valence-electron chi connectivity index (χ0n) is 9.22. The number of methoxy groups -OCH3 is 1. The number of aromatic nitrogens is 3. The quantitative estimate of drug-likeness (QED) is 0.673. The van der Waals surface area contributed by atoms with Crippen LogP contribution in [0.5, 0.6) is 5.88 Å². The molecule has 0 amide bonds. The molecule has 0 aliphatic heterocycles. The van der Waals surface area contributed by atoms with Crippen LogP contribution >= 0.6 is 23.9 Å². The maximum absolute atomic E-state index is 13.1. The molecule has 7 heteroatoms. The van der Waals surface area contributed by atoms with Gasteiger partial charge in [0.25, 0.3) is 0 Å². The first-order chi connectivity index (χ1) is 8.74. The molecule has 0 bridgehead atoms. The summed E-state index contributed by atoms with van der Waals surface area (Å²) in [5.74, 6) is 0.423. The summed E-state index contributed by atoms with van der Waals surface area (Å²) < 4.78 is 19.5. The molecular weight excluding hydrogens is 277 g/mol. The summed E-state index contributed by atoms with van der Waals surface area (Å²) in [6.45, 7) is 0. The summed E-state index contributed by atoms with van der Waals surface area (Å²) in [6.07, 6.45) is 1.64. The van der Waals surface area contributed by atoms with Crippen LogP contribution in [0, 0.1) is 0 Å². The van der Waals surface area contributed by atoms with Gasteiger partial charge in [0, 0.05) is 23.0 Å². The monoisotopic (exact) mass is 283 g/mol. The molecule has 0 radical (unpaired) electrons. The number of nitrogens with zero attached hydrogens (tertiary/aromatic N) is 3. The molecule has 92 valence electrons. The van der Waals surface area contributed by atoms with Gasteiger partial charge in [-0.05, 0) is 12.1 Å². The minimum absolute atomic E-state index is 0.0745. The third kappa shape index (κ3) is 1.60. The Bertz CT molecular complexity index is 746. The van der Waals surface area contributed by atoms with Gasteiger partial charge in [-0.15, -0.1) is 3.89 Å². The van der Waals surface area contributed by atoms with Gasteiger partial charge in [-0.25, -0.2) is 13.9 Å². The van der Waals surface area contributed by atoms with Crippen molar-refractivity contribution in [2.75, 3.05) is 7.11 Å². The Hall–Kier alpha value is -1.53. The van der Waals surface area contributed by atoms with Crippen molar-refractivity contribution in [2.24, 2.45) is 0 Å². The van der Waals surface area contributed by atoms with Crippen molar-refractivity contribution in [3.05, 3.63) is 29.5 Å². The van der Waals surface area contributed by atoms with Gasteiger partial charge in [0.15, 0.2) is 18.0 Å². The Morgan fingerprint density at radius 3 is 2.94 bits per heavy atom. The van der Waals surface area contributed by atoms with Gasteiger partial charge in [-0.2, -0.15) is 0 Å². The first-order valence-electron chi connectivity index (χ1n) is 5.04. The third-order valence-corrected chi connectivity index (χ3v) is 3.40. The van der Waals surface area contributed by atoms with Crippen LogP contribution in [0.25, 0.3) is 21.9 Å². The van der Waals surface area contributed by atoms with Crippen LogP contribution in [-0.4, -0.2) is 21.1 Å². The minimum Gasteiger partial charge on any atom is -0.481 e. The molecule has 0 N–H and O–H groups in total. The van der Waals surface area contributed by atoms with Gasteiger partial charge < -0.3 is 4.74 Å². The van der Waals surface area contributed by atoms with Crippen molar-refractivity contribution >= 4 is 45.9 Å². The number of fused-ring (bicyclic) bond motifs is 3. The van der Waals surface area contributed by atoms with Crippen molar-refractivity contribution in [3.63, 3.8) is 0 Å². The summed E-state index contributed by atoms with van der Waals surface area (Å²) in [5, 5.41) is 1.93.